The summed E-state index contributed by atoms with van der Waals surface area (Å²) in [7, 11) is 0. The van der Waals surface area contributed by atoms with Gasteiger partial charge < -0.3 is 4.74 Å². The molecule has 78 heavy (non-hydrogen) atoms. The van der Waals surface area contributed by atoms with Crippen molar-refractivity contribution in [2.45, 2.75) is 477 Å². The van der Waals surface area contributed by atoms with E-state index >= 15 is 0 Å². The normalized spacial score (nSPS) is 15.3. The minimum atomic E-state index is 0.110. The molecule has 0 radical (unpaired) electrons. The number of unbranched alkanes of at least 4 members (excludes halogenated alkanes) is 57. The third-order valence-electron chi connectivity index (χ3n) is 20.3. The van der Waals surface area contributed by atoms with Crippen molar-refractivity contribution < 1.29 is 4.74 Å². The Morgan fingerprint density at radius 3 is 0.615 bits per heavy atom. The van der Waals surface area contributed by atoms with Gasteiger partial charge >= 0.3 is 0 Å². The molecule has 468 valence electrons. The van der Waals surface area contributed by atoms with Gasteiger partial charge in [0, 0.05) is 12.0 Å². The largest absolute Gasteiger partial charge is 0.374 e. The van der Waals surface area contributed by atoms with Crippen LogP contribution in [0.5, 0.6) is 0 Å². The van der Waals surface area contributed by atoms with Crippen molar-refractivity contribution in [2.75, 3.05) is 6.61 Å². The van der Waals surface area contributed by atoms with Gasteiger partial charge in [0.2, 0.25) is 0 Å². The van der Waals surface area contributed by atoms with E-state index in [0.717, 1.165) is 12.5 Å². The van der Waals surface area contributed by atoms with E-state index in [1.54, 1.807) is 0 Å². The lowest BCUT2D eigenvalue weighted by Gasteiger charge is -2.59. The van der Waals surface area contributed by atoms with Crippen molar-refractivity contribution in [1.29, 1.82) is 0 Å². The molecule has 1 heterocycles. The molecular weight excluding hydrogens is 941 g/mol. The Bertz CT molecular complexity index is 1040. The third kappa shape index (κ3) is 44.5. The maximum atomic E-state index is 7.75. The zero-order chi connectivity index (χ0) is 56.1. The van der Waals surface area contributed by atoms with Gasteiger partial charge in [0.1, 0.15) is 0 Å². The third-order valence-corrected chi connectivity index (χ3v) is 20.3. The van der Waals surface area contributed by atoms with Crippen LogP contribution in [0.15, 0.2) is 0 Å². The van der Waals surface area contributed by atoms with Crippen molar-refractivity contribution in [2.24, 2.45) is 11.3 Å². The Kier molecular flexibility index (Phi) is 59.9. The molecule has 0 N–H and O–H groups in total. The van der Waals surface area contributed by atoms with Crippen molar-refractivity contribution in [3.63, 3.8) is 0 Å². The summed E-state index contributed by atoms with van der Waals surface area (Å²) in [5, 5.41) is 0. The molecule has 0 bridgehead atoms. The van der Waals surface area contributed by atoms with E-state index in [1.165, 1.54) is 437 Å². The Balaban J connectivity index is 3.23. The predicted octanol–water partition coefficient (Wildman–Crippen LogP) is 29.0. The first-order valence-corrected chi connectivity index (χ1v) is 38.3. The molecule has 0 aromatic rings. The Morgan fingerprint density at radius 1 is 0.218 bits per heavy atom. The molecule has 1 rings (SSSR count). The molecular formula is C77H154O. The maximum Gasteiger partial charge on any atom is 0.0741 e. The minimum absolute atomic E-state index is 0.110. The molecule has 0 saturated carbocycles. The van der Waals surface area contributed by atoms with Gasteiger partial charge in [0.25, 0.3) is 0 Å². The van der Waals surface area contributed by atoms with E-state index in [1.807, 2.05) is 0 Å². The molecule has 1 saturated heterocycles. The molecule has 1 unspecified atom stereocenters. The summed E-state index contributed by atoms with van der Waals surface area (Å²) in [4.78, 5) is 0. The quantitative estimate of drug-likeness (QED) is 0.0552. The number of hydrogen-bond acceptors (Lipinski definition) is 1. The first-order chi connectivity index (χ1) is 38.7. The molecule has 0 aliphatic carbocycles. The maximum absolute atomic E-state index is 7.75. The van der Waals surface area contributed by atoms with Crippen LogP contribution in [0, 0.1) is 11.3 Å². The second-order valence-corrected chi connectivity index (χ2v) is 27.4. The topological polar surface area (TPSA) is 9.23 Å². The highest BCUT2D eigenvalue weighted by Crippen LogP contribution is 2.59. The van der Waals surface area contributed by atoms with E-state index in [9.17, 15) is 0 Å². The van der Waals surface area contributed by atoms with Crippen LogP contribution in [0.3, 0.4) is 0 Å². The molecule has 1 heteroatoms. The van der Waals surface area contributed by atoms with E-state index in [4.69, 9.17) is 4.74 Å². The monoisotopic (exact) mass is 1100 g/mol. The first-order valence-electron chi connectivity index (χ1n) is 38.3. The van der Waals surface area contributed by atoms with Crippen molar-refractivity contribution >= 4 is 0 Å². The smallest absolute Gasteiger partial charge is 0.0741 e. The second-order valence-electron chi connectivity index (χ2n) is 27.4. The fourth-order valence-corrected chi connectivity index (χ4v) is 15.0. The summed E-state index contributed by atoms with van der Waals surface area (Å²) in [6.45, 7) is 12.8. The van der Waals surface area contributed by atoms with Crippen LogP contribution in [0.2, 0.25) is 0 Å². The van der Waals surface area contributed by atoms with Gasteiger partial charge in [-0.2, -0.15) is 0 Å². The standard InChI is InChI=1S/C77H154O/c1-6-11-16-21-26-31-36-41-42-43-48-53-58-63-68-75-69-74-78-77(72-66-61-56-51-46-39-34-29-24-19-14-9-4,73-67-62-57-52-47-40-35-30-25-20-15-10-5)76(75,70-64-59-54-49-44-37-32-27-22-17-12-7-2)71-65-60-55-50-45-38-33-28-23-18-13-8-3/h75H,6-74H2,1-5H3. The van der Waals surface area contributed by atoms with Crippen LogP contribution in [0.25, 0.3) is 0 Å². The highest BCUT2D eigenvalue weighted by molar-refractivity contribution is 5.06. The van der Waals surface area contributed by atoms with E-state index < -0.39 is 0 Å². The fraction of sp³-hybridized carbons (Fsp3) is 1.00. The summed E-state index contributed by atoms with van der Waals surface area (Å²) >= 11 is 0. The van der Waals surface area contributed by atoms with Crippen LogP contribution in [-0.4, -0.2) is 12.2 Å². The molecule has 1 atom stereocenters. The molecule has 1 aliphatic rings. The van der Waals surface area contributed by atoms with E-state index in [2.05, 4.69) is 34.6 Å². The molecule has 0 spiro atoms. The molecule has 0 amide bonds. The van der Waals surface area contributed by atoms with Crippen LogP contribution in [0.1, 0.15) is 471 Å². The molecule has 1 aliphatic heterocycles. The number of rotatable bonds is 67. The van der Waals surface area contributed by atoms with Crippen molar-refractivity contribution in [3.8, 4) is 0 Å². The summed E-state index contributed by atoms with van der Waals surface area (Å²) in [5.41, 5.74) is 0.493. The van der Waals surface area contributed by atoms with Gasteiger partial charge in [-0.05, 0) is 44.4 Å². The highest BCUT2D eigenvalue weighted by Gasteiger charge is 2.56. The molecule has 1 fully saturated rings. The predicted molar refractivity (Wildman–Crippen MR) is 357 cm³/mol. The molecule has 0 aromatic heterocycles. The zero-order valence-electron chi connectivity index (χ0n) is 55.8. The highest BCUT2D eigenvalue weighted by atomic mass is 16.5. The Morgan fingerprint density at radius 2 is 0.397 bits per heavy atom. The molecule has 0 aromatic carbocycles. The van der Waals surface area contributed by atoms with Crippen LogP contribution < -0.4 is 0 Å². The second kappa shape index (κ2) is 61.5. The summed E-state index contributed by atoms with van der Waals surface area (Å²) in [5.74, 6) is 0.874. The number of ether oxygens (including phenoxy) is 1. The Labute approximate surface area is 497 Å². The lowest BCUT2D eigenvalue weighted by Crippen LogP contribution is -2.58. The van der Waals surface area contributed by atoms with Crippen molar-refractivity contribution in [1.82, 2.24) is 0 Å². The average Bonchev–Trinajstić information content (AvgIpc) is 3.47. The lowest BCUT2D eigenvalue weighted by molar-refractivity contribution is -0.217. The van der Waals surface area contributed by atoms with E-state index in [-0.39, 0.29) is 5.60 Å². The van der Waals surface area contributed by atoms with Gasteiger partial charge in [0.15, 0.2) is 0 Å². The van der Waals surface area contributed by atoms with Gasteiger partial charge in [-0.25, -0.2) is 0 Å². The zero-order valence-corrected chi connectivity index (χ0v) is 55.8. The lowest BCUT2D eigenvalue weighted by atomic mass is 9.53. The van der Waals surface area contributed by atoms with Gasteiger partial charge in [-0.15, -0.1) is 0 Å². The summed E-state index contributed by atoms with van der Waals surface area (Å²) in [6, 6.07) is 0. The average molecular weight is 1100 g/mol. The minimum Gasteiger partial charge on any atom is -0.374 e. The Hall–Kier alpha value is -0.0400. The van der Waals surface area contributed by atoms with Gasteiger partial charge in [0.05, 0.1) is 5.60 Å². The summed E-state index contributed by atoms with van der Waals surface area (Å²) in [6.07, 6.45) is 98.9. The van der Waals surface area contributed by atoms with Gasteiger partial charge in [-0.1, -0.05) is 433 Å². The van der Waals surface area contributed by atoms with Crippen LogP contribution in [-0.2, 0) is 4.74 Å². The first kappa shape index (κ1) is 76.0. The van der Waals surface area contributed by atoms with Crippen molar-refractivity contribution in [3.05, 3.63) is 0 Å². The molecule has 1 nitrogen and oxygen atoms in total. The number of hydrogen-bond donors (Lipinski definition) is 0. The van der Waals surface area contributed by atoms with E-state index in [0.29, 0.717) is 5.41 Å². The van der Waals surface area contributed by atoms with Crippen LogP contribution >= 0.6 is 0 Å². The van der Waals surface area contributed by atoms with Crippen LogP contribution in [0.4, 0.5) is 0 Å². The van der Waals surface area contributed by atoms with Gasteiger partial charge in [-0.3, -0.25) is 0 Å². The fourth-order valence-electron chi connectivity index (χ4n) is 15.0. The SMILES string of the molecule is CCCCCCCCCCCCCCCCC1CCOC(CCCCCCCCCCCCCC)(CCCCCCCCCCCCCC)C1(CCCCCCCCCCCCCC)CCCCCCCCCCCCCC. The summed E-state index contributed by atoms with van der Waals surface area (Å²) < 4.78 is 7.75.